The van der Waals surface area contributed by atoms with Crippen LogP contribution in [0.15, 0.2) is 42.5 Å². The average molecular weight is 393 g/mol. The number of nitrogens with zero attached hydrogens (tertiary/aromatic N) is 1. The Kier molecular flexibility index (Phi) is 5.37. The number of nitrogens with one attached hydrogen (secondary N) is 1. The van der Waals surface area contributed by atoms with Crippen LogP contribution in [0.4, 0.5) is 5.69 Å². The van der Waals surface area contributed by atoms with E-state index in [2.05, 4.69) is 4.72 Å². The highest BCUT2D eigenvalue weighted by Crippen LogP contribution is 2.25. The van der Waals surface area contributed by atoms with Crippen molar-refractivity contribution in [2.75, 3.05) is 11.4 Å². The van der Waals surface area contributed by atoms with Gasteiger partial charge in [0.05, 0.1) is 5.75 Å². The standard InChI is InChI=1S/C19H21ClN2O3S/c1-13-9-14(2)11-16(10-13)22-8-7-18(19(22)23)21-26(24,25)12-15-5-3-4-6-17(15)20/h3-6,9-11,18,21H,7-8,12H2,1-2H3/t18-/m1/s1. The lowest BCUT2D eigenvalue weighted by Crippen LogP contribution is -2.42. The summed E-state index contributed by atoms with van der Waals surface area (Å²) in [5, 5.41) is 0.396. The zero-order chi connectivity index (χ0) is 18.9. The van der Waals surface area contributed by atoms with E-state index in [0.717, 1.165) is 16.8 Å². The van der Waals surface area contributed by atoms with Crippen molar-refractivity contribution in [3.63, 3.8) is 0 Å². The lowest BCUT2D eigenvalue weighted by atomic mass is 10.1. The molecule has 26 heavy (non-hydrogen) atoms. The van der Waals surface area contributed by atoms with Gasteiger partial charge in [0.1, 0.15) is 6.04 Å². The van der Waals surface area contributed by atoms with Gasteiger partial charge >= 0.3 is 0 Å². The van der Waals surface area contributed by atoms with Crippen LogP contribution < -0.4 is 9.62 Å². The Bertz CT molecular complexity index is 923. The predicted molar refractivity (Wildman–Crippen MR) is 104 cm³/mol. The van der Waals surface area contributed by atoms with E-state index in [9.17, 15) is 13.2 Å². The van der Waals surface area contributed by atoms with Gasteiger partial charge in [0.2, 0.25) is 15.9 Å². The third-order valence-electron chi connectivity index (χ3n) is 4.35. The number of halogens is 1. The third kappa shape index (κ3) is 4.26. The number of amides is 1. The van der Waals surface area contributed by atoms with E-state index in [1.807, 2.05) is 32.0 Å². The van der Waals surface area contributed by atoms with Crippen LogP contribution in [0.3, 0.4) is 0 Å². The summed E-state index contributed by atoms with van der Waals surface area (Å²) >= 11 is 6.04. The summed E-state index contributed by atoms with van der Waals surface area (Å²) < 4.78 is 27.5. The van der Waals surface area contributed by atoms with E-state index in [1.54, 1.807) is 29.2 Å². The Balaban J connectivity index is 1.73. The van der Waals surface area contributed by atoms with Crippen molar-refractivity contribution in [3.8, 4) is 0 Å². The van der Waals surface area contributed by atoms with Crippen molar-refractivity contribution in [2.24, 2.45) is 0 Å². The lowest BCUT2D eigenvalue weighted by molar-refractivity contribution is -0.118. The minimum Gasteiger partial charge on any atom is -0.311 e. The molecule has 2 aromatic carbocycles. The molecule has 7 heteroatoms. The molecule has 2 aromatic rings. The molecule has 0 bridgehead atoms. The number of hydrogen-bond acceptors (Lipinski definition) is 3. The first kappa shape index (κ1) is 18.9. The number of aryl methyl sites for hydroxylation is 2. The maximum Gasteiger partial charge on any atom is 0.245 e. The fourth-order valence-corrected chi connectivity index (χ4v) is 4.91. The molecule has 0 spiro atoms. The second-order valence-corrected chi connectivity index (χ2v) is 8.81. The summed E-state index contributed by atoms with van der Waals surface area (Å²) in [5.74, 6) is -0.474. The summed E-state index contributed by atoms with van der Waals surface area (Å²) in [4.78, 5) is 14.3. The molecule has 3 rings (SSSR count). The summed E-state index contributed by atoms with van der Waals surface area (Å²) in [6, 6.07) is 12.0. The monoisotopic (exact) mass is 392 g/mol. The maximum absolute atomic E-state index is 12.7. The van der Waals surface area contributed by atoms with E-state index in [0.29, 0.717) is 23.6 Å². The van der Waals surface area contributed by atoms with Gasteiger partial charge in [-0.1, -0.05) is 35.9 Å². The van der Waals surface area contributed by atoms with Crippen molar-refractivity contribution < 1.29 is 13.2 Å². The highest BCUT2D eigenvalue weighted by Gasteiger charge is 2.35. The minimum absolute atomic E-state index is 0.224. The second kappa shape index (κ2) is 7.39. The molecule has 1 aliphatic heterocycles. The molecule has 1 aliphatic rings. The number of anilines is 1. The number of carbonyl (C=O) groups excluding carboxylic acids is 1. The molecule has 1 saturated heterocycles. The smallest absolute Gasteiger partial charge is 0.245 e. The molecule has 0 aromatic heterocycles. The molecule has 1 fully saturated rings. The van der Waals surface area contributed by atoms with Gasteiger partial charge in [0.25, 0.3) is 0 Å². The maximum atomic E-state index is 12.7. The molecule has 5 nitrogen and oxygen atoms in total. The first-order chi connectivity index (χ1) is 12.2. The molecule has 1 N–H and O–H groups in total. The molecular formula is C19H21ClN2O3S. The number of benzene rings is 2. The van der Waals surface area contributed by atoms with Crippen molar-refractivity contribution in [2.45, 2.75) is 32.1 Å². The van der Waals surface area contributed by atoms with Gasteiger partial charge in [0.15, 0.2) is 0 Å². The highest BCUT2D eigenvalue weighted by molar-refractivity contribution is 7.88. The normalized spacial score (nSPS) is 17.7. The van der Waals surface area contributed by atoms with Crippen LogP contribution in [0.1, 0.15) is 23.1 Å². The molecular weight excluding hydrogens is 372 g/mol. The summed E-state index contributed by atoms with van der Waals surface area (Å²) in [6.45, 7) is 4.43. The number of rotatable bonds is 5. The SMILES string of the molecule is Cc1cc(C)cc(N2CC[C@@H](NS(=O)(=O)Cc3ccccc3Cl)C2=O)c1. The lowest BCUT2D eigenvalue weighted by Gasteiger charge is -2.18. The number of hydrogen-bond donors (Lipinski definition) is 1. The van der Waals surface area contributed by atoms with Gasteiger partial charge in [-0.2, -0.15) is 0 Å². The van der Waals surface area contributed by atoms with Gasteiger partial charge in [0, 0.05) is 17.3 Å². The van der Waals surface area contributed by atoms with E-state index in [4.69, 9.17) is 11.6 Å². The van der Waals surface area contributed by atoms with Crippen LogP contribution in [0.2, 0.25) is 5.02 Å². The molecule has 1 amide bonds. The molecule has 1 atom stereocenters. The first-order valence-corrected chi connectivity index (χ1v) is 10.4. The Morgan fingerprint density at radius 2 is 1.81 bits per heavy atom. The number of carbonyl (C=O) groups is 1. The Morgan fingerprint density at radius 3 is 2.46 bits per heavy atom. The van der Waals surface area contributed by atoms with E-state index in [-0.39, 0.29) is 11.7 Å². The van der Waals surface area contributed by atoms with Crippen LogP contribution >= 0.6 is 11.6 Å². The molecule has 1 heterocycles. The quantitative estimate of drug-likeness (QED) is 0.849. The van der Waals surface area contributed by atoms with Crippen LogP contribution in [0.25, 0.3) is 0 Å². The largest absolute Gasteiger partial charge is 0.311 e. The second-order valence-electron chi connectivity index (χ2n) is 6.65. The van der Waals surface area contributed by atoms with Gasteiger partial charge in [-0.3, -0.25) is 4.79 Å². The molecule has 138 valence electrons. The van der Waals surface area contributed by atoms with Crippen molar-refractivity contribution in [1.82, 2.24) is 4.72 Å². The van der Waals surface area contributed by atoms with Gasteiger partial charge in [-0.05, 0) is 55.2 Å². The van der Waals surface area contributed by atoms with Crippen LogP contribution in [-0.2, 0) is 20.6 Å². The van der Waals surface area contributed by atoms with Crippen LogP contribution in [0, 0.1) is 13.8 Å². The Hall–Kier alpha value is -1.89. The van der Waals surface area contributed by atoms with E-state index in [1.165, 1.54) is 0 Å². The first-order valence-electron chi connectivity index (χ1n) is 8.38. The van der Waals surface area contributed by atoms with Gasteiger partial charge in [-0.15, -0.1) is 0 Å². The summed E-state index contributed by atoms with van der Waals surface area (Å²) in [6.07, 6.45) is 0.438. The fourth-order valence-electron chi connectivity index (χ4n) is 3.23. The van der Waals surface area contributed by atoms with Crippen LogP contribution in [-0.4, -0.2) is 26.9 Å². The Labute approximate surface area is 159 Å². The highest BCUT2D eigenvalue weighted by atomic mass is 35.5. The molecule has 0 saturated carbocycles. The minimum atomic E-state index is -3.68. The fraction of sp³-hybridized carbons (Fsp3) is 0.316. The van der Waals surface area contributed by atoms with E-state index >= 15 is 0 Å². The van der Waals surface area contributed by atoms with Crippen molar-refractivity contribution in [3.05, 3.63) is 64.2 Å². The molecule has 0 radical (unpaired) electrons. The zero-order valence-electron chi connectivity index (χ0n) is 14.7. The third-order valence-corrected chi connectivity index (χ3v) is 6.05. The van der Waals surface area contributed by atoms with E-state index < -0.39 is 16.1 Å². The van der Waals surface area contributed by atoms with Gasteiger partial charge in [-0.25, -0.2) is 13.1 Å². The zero-order valence-corrected chi connectivity index (χ0v) is 16.3. The molecule has 0 unspecified atom stereocenters. The van der Waals surface area contributed by atoms with Crippen LogP contribution in [0.5, 0.6) is 0 Å². The number of sulfonamides is 1. The van der Waals surface area contributed by atoms with Gasteiger partial charge < -0.3 is 4.90 Å². The van der Waals surface area contributed by atoms with Crippen molar-refractivity contribution in [1.29, 1.82) is 0 Å². The van der Waals surface area contributed by atoms with Crippen molar-refractivity contribution >= 4 is 33.2 Å². The molecule has 0 aliphatic carbocycles. The topological polar surface area (TPSA) is 66.5 Å². The summed E-state index contributed by atoms with van der Waals surface area (Å²) in [5.41, 5.74) is 3.45. The summed E-state index contributed by atoms with van der Waals surface area (Å²) in [7, 11) is -3.68. The average Bonchev–Trinajstić information content (AvgIpc) is 2.89. The predicted octanol–water partition coefficient (Wildman–Crippen LogP) is 3.18. The Morgan fingerprint density at radius 1 is 1.15 bits per heavy atom.